The molecule has 0 saturated carbocycles. The van der Waals surface area contributed by atoms with Gasteiger partial charge in [0.05, 0.1) is 6.61 Å². The average molecular weight is 386 g/mol. The van der Waals surface area contributed by atoms with Gasteiger partial charge in [0, 0.05) is 23.7 Å². The lowest BCUT2D eigenvalue weighted by Gasteiger charge is -2.30. The Hall–Kier alpha value is -3.11. The van der Waals surface area contributed by atoms with E-state index in [2.05, 4.69) is 22.8 Å². The number of fused-ring (bicyclic) bond motifs is 1. The number of ether oxygens (including phenoxy) is 1. The second kappa shape index (κ2) is 8.50. The summed E-state index contributed by atoms with van der Waals surface area (Å²) in [5.74, 6) is 0.826. The third-order valence-electron chi connectivity index (χ3n) is 5.37. The van der Waals surface area contributed by atoms with Crippen LogP contribution in [-0.2, 0) is 4.79 Å². The molecule has 0 unspecified atom stereocenters. The van der Waals surface area contributed by atoms with E-state index < -0.39 is 6.04 Å². The molecular weight excluding hydrogens is 360 g/mol. The van der Waals surface area contributed by atoms with E-state index in [0.717, 1.165) is 40.1 Å². The van der Waals surface area contributed by atoms with Crippen LogP contribution in [0.25, 0.3) is 0 Å². The Kier molecular flexibility index (Phi) is 5.63. The molecule has 4 nitrogen and oxygen atoms in total. The summed E-state index contributed by atoms with van der Waals surface area (Å²) in [6.45, 7) is 4.67. The molecule has 2 N–H and O–H groups in total. The van der Waals surface area contributed by atoms with Crippen molar-refractivity contribution in [3.63, 3.8) is 0 Å². The van der Waals surface area contributed by atoms with Gasteiger partial charge >= 0.3 is 0 Å². The van der Waals surface area contributed by atoms with Gasteiger partial charge in [0.25, 0.3) is 0 Å². The van der Waals surface area contributed by atoms with E-state index in [1.165, 1.54) is 0 Å². The van der Waals surface area contributed by atoms with Gasteiger partial charge in [0.15, 0.2) is 0 Å². The predicted octanol–water partition coefficient (Wildman–Crippen LogP) is 5.10. The number of carbonyl (C=O) groups is 1. The van der Waals surface area contributed by atoms with Crippen LogP contribution in [0.4, 0.5) is 5.69 Å². The first-order chi connectivity index (χ1) is 14.1. The summed E-state index contributed by atoms with van der Waals surface area (Å²) in [4.78, 5) is 13.4. The fraction of sp³-hybridized carbons (Fsp3) is 0.240. The number of rotatable bonds is 5. The number of aryl methyl sites for hydroxylation is 2. The van der Waals surface area contributed by atoms with Gasteiger partial charge in [-0.2, -0.15) is 0 Å². The summed E-state index contributed by atoms with van der Waals surface area (Å²) in [5, 5.41) is 6.72. The van der Waals surface area contributed by atoms with E-state index in [-0.39, 0.29) is 11.9 Å². The van der Waals surface area contributed by atoms with Crippen LogP contribution in [0.5, 0.6) is 5.75 Å². The van der Waals surface area contributed by atoms with Crippen molar-refractivity contribution in [1.29, 1.82) is 0 Å². The van der Waals surface area contributed by atoms with Crippen LogP contribution in [0, 0.1) is 13.8 Å². The molecule has 0 bridgehead atoms. The van der Waals surface area contributed by atoms with Crippen LogP contribution in [-0.4, -0.2) is 12.5 Å². The van der Waals surface area contributed by atoms with Crippen molar-refractivity contribution in [3.05, 3.63) is 95.1 Å². The highest BCUT2D eigenvalue weighted by Crippen LogP contribution is 2.33. The third kappa shape index (κ3) is 4.33. The number of amides is 1. The van der Waals surface area contributed by atoms with Crippen LogP contribution in [0.1, 0.15) is 40.8 Å². The zero-order valence-corrected chi connectivity index (χ0v) is 16.8. The van der Waals surface area contributed by atoms with Gasteiger partial charge in [-0.05, 0) is 42.7 Å². The molecule has 1 heterocycles. The van der Waals surface area contributed by atoms with Crippen LogP contribution in [0.15, 0.2) is 72.8 Å². The predicted molar refractivity (Wildman–Crippen MR) is 116 cm³/mol. The molecule has 3 aromatic rings. The molecule has 0 spiro atoms. The number of nitrogens with one attached hydrogen (secondary N) is 2. The number of hydrogen-bond acceptors (Lipinski definition) is 3. The van der Waals surface area contributed by atoms with Crippen molar-refractivity contribution in [3.8, 4) is 5.75 Å². The molecule has 1 aliphatic heterocycles. The molecule has 0 aromatic heterocycles. The van der Waals surface area contributed by atoms with E-state index in [1.54, 1.807) is 0 Å². The lowest BCUT2D eigenvalue weighted by molar-refractivity contribution is -0.118. The maximum Gasteiger partial charge on any atom is 0.246 e. The molecular formula is C25H26N2O2. The topological polar surface area (TPSA) is 50.4 Å². The minimum absolute atomic E-state index is 0.0505. The number of benzene rings is 3. The molecule has 0 radical (unpaired) electrons. The van der Waals surface area contributed by atoms with Gasteiger partial charge < -0.3 is 10.1 Å². The quantitative estimate of drug-likeness (QED) is 0.642. The van der Waals surface area contributed by atoms with E-state index >= 15 is 0 Å². The van der Waals surface area contributed by atoms with E-state index in [4.69, 9.17) is 4.74 Å². The van der Waals surface area contributed by atoms with Crippen molar-refractivity contribution in [1.82, 2.24) is 5.32 Å². The summed E-state index contributed by atoms with van der Waals surface area (Å²) in [7, 11) is 0. The second-order valence-electron chi connectivity index (χ2n) is 7.55. The highest BCUT2D eigenvalue weighted by molar-refractivity contribution is 5.96. The van der Waals surface area contributed by atoms with Crippen molar-refractivity contribution in [2.75, 3.05) is 11.9 Å². The Balaban J connectivity index is 1.63. The molecule has 29 heavy (non-hydrogen) atoms. The van der Waals surface area contributed by atoms with Crippen molar-refractivity contribution in [2.24, 2.45) is 0 Å². The molecule has 0 aliphatic carbocycles. The Morgan fingerprint density at radius 2 is 1.76 bits per heavy atom. The van der Waals surface area contributed by atoms with E-state index in [1.807, 2.05) is 74.5 Å². The minimum Gasteiger partial charge on any atom is -0.493 e. The number of anilines is 1. The van der Waals surface area contributed by atoms with Crippen LogP contribution in [0.2, 0.25) is 0 Å². The molecule has 148 valence electrons. The number of hydrogen-bond donors (Lipinski definition) is 2. The van der Waals surface area contributed by atoms with Crippen LogP contribution < -0.4 is 15.4 Å². The Labute approximate surface area is 171 Å². The Morgan fingerprint density at radius 3 is 2.59 bits per heavy atom. The lowest BCUT2D eigenvalue weighted by atomic mass is 9.97. The zero-order chi connectivity index (χ0) is 20.2. The first-order valence-corrected chi connectivity index (χ1v) is 10.0. The standard InChI is InChI=1S/C25H26N2O2/c1-17-12-13-18(2)22(16-17)27-25(28)24(19-8-4-3-5-9-19)26-21-14-15-29-23-11-7-6-10-20(21)23/h3-13,16,21,24,26H,14-15H2,1-2H3,(H,27,28)/t21-,24-/m1/s1. The molecule has 3 aromatic carbocycles. The minimum atomic E-state index is -0.465. The van der Waals surface area contributed by atoms with Crippen molar-refractivity contribution in [2.45, 2.75) is 32.4 Å². The SMILES string of the molecule is Cc1ccc(C)c(NC(=O)[C@H](N[C@@H]2CCOc3ccccc32)c2ccccc2)c1. The fourth-order valence-electron chi connectivity index (χ4n) is 3.76. The Bertz CT molecular complexity index is 1000. The highest BCUT2D eigenvalue weighted by atomic mass is 16.5. The largest absolute Gasteiger partial charge is 0.493 e. The van der Waals surface area contributed by atoms with Crippen molar-refractivity contribution >= 4 is 11.6 Å². The molecule has 1 aliphatic rings. The molecule has 4 rings (SSSR count). The first kappa shape index (κ1) is 19.2. The smallest absolute Gasteiger partial charge is 0.246 e. The number of para-hydroxylation sites is 1. The molecule has 4 heteroatoms. The maximum absolute atomic E-state index is 13.4. The van der Waals surface area contributed by atoms with Crippen molar-refractivity contribution < 1.29 is 9.53 Å². The van der Waals surface area contributed by atoms with E-state index in [0.29, 0.717) is 6.61 Å². The van der Waals surface area contributed by atoms with Crippen LogP contribution >= 0.6 is 0 Å². The molecule has 0 fully saturated rings. The molecule has 2 atom stereocenters. The van der Waals surface area contributed by atoms with E-state index in [9.17, 15) is 4.79 Å². The van der Waals surface area contributed by atoms with Gasteiger partial charge in [-0.1, -0.05) is 60.7 Å². The summed E-state index contributed by atoms with van der Waals surface area (Å²) < 4.78 is 5.79. The normalized spacial score (nSPS) is 16.4. The zero-order valence-electron chi connectivity index (χ0n) is 16.8. The number of carbonyl (C=O) groups excluding carboxylic acids is 1. The molecule has 1 amide bonds. The monoisotopic (exact) mass is 386 g/mol. The summed E-state index contributed by atoms with van der Waals surface area (Å²) in [6, 6.07) is 23.6. The van der Waals surface area contributed by atoms with Crippen LogP contribution in [0.3, 0.4) is 0 Å². The highest BCUT2D eigenvalue weighted by Gasteiger charge is 2.28. The first-order valence-electron chi connectivity index (χ1n) is 10.0. The van der Waals surface area contributed by atoms with Gasteiger partial charge in [-0.25, -0.2) is 0 Å². The average Bonchev–Trinajstić information content (AvgIpc) is 2.75. The van der Waals surface area contributed by atoms with Gasteiger partial charge in [-0.3, -0.25) is 10.1 Å². The maximum atomic E-state index is 13.4. The van der Waals surface area contributed by atoms with Gasteiger partial charge in [0.1, 0.15) is 11.8 Å². The Morgan fingerprint density at radius 1 is 1.00 bits per heavy atom. The second-order valence-corrected chi connectivity index (χ2v) is 7.55. The van der Waals surface area contributed by atoms with Gasteiger partial charge in [0.2, 0.25) is 5.91 Å². The third-order valence-corrected chi connectivity index (χ3v) is 5.37. The summed E-state index contributed by atoms with van der Waals surface area (Å²) in [6.07, 6.45) is 0.817. The van der Waals surface area contributed by atoms with Gasteiger partial charge in [-0.15, -0.1) is 0 Å². The summed E-state index contributed by atoms with van der Waals surface area (Å²) in [5.41, 5.74) is 5.06. The molecule has 0 saturated heterocycles. The summed E-state index contributed by atoms with van der Waals surface area (Å²) >= 11 is 0. The fourth-order valence-corrected chi connectivity index (χ4v) is 3.76. The lowest BCUT2D eigenvalue weighted by Crippen LogP contribution is -2.37.